The van der Waals surface area contributed by atoms with E-state index in [0.717, 1.165) is 38.5 Å². The second-order valence-corrected chi connectivity index (χ2v) is 3.42. The van der Waals surface area contributed by atoms with Crippen molar-refractivity contribution in [3.05, 3.63) is 0 Å². The molecule has 1 aliphatic heterocycles. The molecule has 1 aliphatic carbocycles. The Labute approximate surface area is 78.5 Å². The van der Waals surface area contributed by atoms with Gasteiger partial charge in [-0.05, 0) is 25.7 Å². The minimum absolute atomic E-state index is 0.0359. The van der Waals surface area contributed by atoms with Crippen LogP contribution in [0.4, 0.5) is 0 Å². The first kappa shape index (κ1) is 10.2. The summed E-state index contributed by atoms with van der Waals surface area (Å²) < 4.78 is 4.64. The standard InChI is InChI=1S/C5H8O2.C5H8O/c6-5-3-1-2-4-7-5;6-5-3-1-2-4-5/h1-4H2;1-4H2. The molecule has 3 heteroatoms. The van der Waals surface area contributed by atoms with Crippen molar-refractivity contribution in [3.8, 4) is 0 Å². The van der Waals surface area contributed by atoms with Crippen molar-refractivity contribution < 1.29 is 14.3 Å². The van der Waals surface area contributed by atoms with Crippen molar-refractivity contribution in [2.45, 2.75) is 44.9 Å². The monoisotopic (exact) mass is 184 g/mol. The lowest BCUT2D eigenvalue weighted by Gasteiger charge is -2.08. The van der Waals surface area contributed by atoms with Crippen molar-refractivity contribution in [3.63, 3.8) is 0 Å². The first-order chi connectivity index (χ1) is 6.29. The third-order valence-corrected chi connectivity index (χ3v) is 2.20. The van der Waals surface area contributed by atoms with E-state index >= 15 is 0 Å². The van der Waals surface area contributed by atoms with Crippen LogP contribution in [0.25, 0.3) is 0 Å². The third-order valence-electron chi connectivity index (χ3n) is 2.20. The topological polar surface area (TPSA) is 43.4 Å². The molecule has 2 rings (SSSR count). The molecule has 0 unspecified atom stereocenters. The summed E-state index contributed by atoms with van der Waals surface area (Å²) in [7, 11) is 0. The number of rotatable bonds is 0. The van der Waals surface area contributed by atoms with E-state index in [0.29, 0.717) is 18.8 Å². The molecule has 1 saturated heterocycles. The number of carbonyl (C=O) groups is 2. The highest BCUT2D eigenvalue weighted by Gasteiger charge is 2.07. The van der Waals surface area contributed by atoms with Gasteiger partial charge in [0.15, 0.2) is 0 Å². The minimum atomic E-state index is -0.0359. The molecular weight excluding hydrogens is 168 g/mol. The normalized spacial score (nSPS) is 21.8. The number of esters is 1. The van der Waals surface area contributed by atoms with Crippen molar-refractivity contribution in [2.24, 2.45) is 0 Å². The van der Waals surface area contributed by atoms with Gasteiger partial charge in [0.2, 0.25) is 0 Å². The Hall–Kier alpha value is -0.860. The maximum absolute atomic E-state index is 10.2. The van der Waals surface area contributed by atoms with Crippen molar-refractivity contribution >= 4 is 11.8 Å². The number of hydrogen-bond acceptors (Lipinski definition) is 3. The number of ether oxygens (including phenoxy) is 1. The van der Waals surface area contributed by atoms with E-state index in [1.54, 1.807) is 0 Å². The molecule has 0 aromatic rings. The predicted molar refractivity (Wildman–Crippen MR) is 48.3 cm³/mol. The lowest BCUT2D eigenvalue weighted by molar-refractivity contribution is -0.146. The molecule has 1 heterocycles. The van der Waals surface area contributed by atoms with Gasteiger partial charge in [-0.2, -0.15) is 0 Å². The van der Waals surface area contributed by atoms with Gasteiger partial charge in [0, 0.05) is 19.3 Å². The Morgan fingerprint density at radius 3 is 1.69 bits per heavy atom. The van der Waals surface area contributed by atoms with E-state index in [1.165, 1.54) is 0 Å². The molecule has 2 fully saturated rings. The van der Waals surface area contributed by atoms with Crippen LogP contribution >= 0.6 is 0 Å². The van der Waals surface area contributed by atoms with Crippen LogP contribution < -0.4 is 0 Å². The van der Waals surface area contributed by atoms with Gasteiger partial charge in [-0.3, -0.25) is 9.59 Å². The lowest BCUT2D eigenvalue weighted by Crippen LogP contribution is -2.10. The Morgan fingerprint density at radius 1 is 0.846 bits per heavy atom. The highest BCUT2D eigenvalue weighted by atomic mass is 16.5. The smallest absolute Gasteiger partial charge is 0.305 e. The maximum Gasteiger partial charge on any atom is 0.305 e. The fourth-order valence-electron chi connectivity index (χ4n) is 1.40. The van der Waals surface area contributed by atoms with E-state index in [2.05, 4.69) is 4.74 Å². The number of hydrogen-bond donors (Lipinski definition) is 0. The first-order valence-electron chi connectivity index (χ1n) is 4.96. The summed E-state index contributed by atoms with van der Waals surface area (Å²) in [5.41, 5.74) is 0. The van der Waals surface area contributed by atoms with Crippen LogP contribution in [0.2, 0.25) is 0 Å². The Kier molecular flexibility index (Phi) is 4.50. The number of ketones is 1. The fraction of sp³-hybridized carbons (Fsp3) is 0.800. The van der Waals surface area contributed by atoms with E-state index in [4.69, 9.17) is 0 Å². The second-order valence-electron chi connectivity index (χ2n) is 3.42. The molecule has 0 atom stereocenters. The molecule has 0 aromatic heterocycles. The molecule has 0 N–H and O–H groups in total. The Balaban J connectivity index is 0.000000132. The van der Waals surface area contributed by atoms with Crippen LogP contribution in [0.1, 0.15) is 44.9 Å². The summed E-state index contributed by atoms with van der Waals surface area (Å²) in [5, 5.41) is 0. The molecule has 0 spiro atoms. The van der Waals surface area contributed by atoms with Crippen molar-refractivity contribution in [1.82, 2.24) is 0 Å². The fourth-order valence-corrected chi connectivity index (χ4v) is 1.40. The number of carbonyl (C=O) groups excluding carboxylic acids is 2. The summed E-state index contributed by atoms with van der Waals surface area (Å²) >= 11 is 0. The molecule has 0 amide bonds. The SMILES string of the molecule is O=C1CCCC1.O=C1CCCCO1. The van der Waals surface area contributed by atoms with E-state index in [9.17, 15) is 9.59 Å². The Bertz CT molecular complexity index is 171. The van der Waals surface area contributed by atoms with Crippen LogP contribution in [0.5, 0.6) is 0 Å². The zero-order valence-corrected chi connectivity index (χ0v) is 7.88. The van der Waals surface area contributed by atoms with Crippen molar-refractivity contribution in [1.29, 1.82) is 0 Å². The van der Waals surface area contributed by atoms with Crippen molar-refractivity contribution in [2.75, 3.05) is 6.61 Å². The van der Waals surface area contributed by atoms with Gasteiger partial charge in [-0.15, -0.1) is 0 Å². The van der Waals surface area contributed by atoms with Gasteiger partial charge in [-0.25, -0.2) is 0 Å². The van der Waals surface area contributed by atoms with Gasteiger partial charge in [0.25, 0.3) is 0 Å². The highest BCUT2D eigenvalue weighted by Crippen LogP contribution is 2.11. The van der Waals surface area contributed by atoms with Crippen LogP contribution in [0.15, 0.2) is 0 Å². The lowest BCUT2D eigenvalue weighted by atomic mass is 10.2. The predicted octanol–water partition coefficient (Wildman–Crippen LogP) is 1.84. The summed E-state index contributed by atoms with van der Waals surface area (Å²) in [6.07, 6.45) is 6.66. The van der Waals surface area contributed by atoms with E-state index in [1.807, 2.05) is 0 Å². The average molecular weight is 184 g/mol. The molecule has 13 heavy (non-hydrogen) atoms. The highest BCUT2D eigenvalue weighted by molar-refractivity contribution is 5.80. The molecular formula is C10H16O3. The molecule has 3 nitrogen and oxygen atoms in total. The Morgan fingerprint density at radius 2 is 1.46 bits per heavy atom. The first-order valence-corrected chi connectivity index (χ1v) is 4.96. The maximum atomic E-state index is 10.2. The van der Waals surface area contributed by atoms with Gasteiger partial charge >= 0.3 is 5.97 Å². The van der Waals surface area contributed by atoms with Crippen LogP contribution in [0.3, 0.4) is 0 Å². The van der Waals surface area contributed by atoms with Gasteiger partial charge in [-0.1, -0.05) is 0 Å². The molecule has 0 radical (unpaired) electrons. The molecule has 1 saturated carbocycles. The minimum Gasteiger partial charge on any atom is -0.466 e. The molecule has 2 aliphatic rings. The molecule has 0 bridgehead atoms. The summed E-state index contributed by atoms with van der Waals surface area (Å²) in [5.74, 6) is 0.418. The average Bonchev–Trinajstić information content (AvgIpc) is 2.58. The zero-order chi connectivity index (χ0) is 9.52. The van der Waals surface area contributed by atoms with Gasteiger partial charge in [0.05, 0.1) is 6.61 Å². The van der Waals surface area contributed by atoms with Crippen LogP contribution in [0, 0.1) is 0 Å². The van der Waals surface area contributed by atoms with Gasteiger partial charge in [0.1, 0.15) is 5.78 Å². The van der Waals surface area contributed by atoms with E-state index < -0.39 is 0 Å². The number of cyclic esters (lactones) is 1. The van der Waals surface area contributed by atoms with Crippen LogP contribution in [-0.4, -0.2) is 18.4 Å². The van der Waals surface area contributed by atoms with Gasteiger partial charge < -0.3 is 4.74 Å². The second kappa shape index (κ2) is 5.73. The largest absolute Gasteiger partial charge is 0.466 e. The molecule has 0 aromatic carbocycles. The summed E-state index contributed by atoms with van der Waals surface area (Å²) in [6, 6.07) is 0. The molecule has 74 valence electrons. The zero-order valence-electron chi connectivity index (χ0n) is 7.88. The summed E-state index contributed by atoms with van der Waals surface area (Å²) in [4.78, 5) is 20.5. The van der Waals surface area contributed by atoms with Crippen LogP contribution in [-0.2, 0) is 14.3 Å². The number of Topliss-reactive ketones (excluding diaryl/α,β-unsaturated/α-hetero) is 1. The third kappa shape index (κ3) is 4.65. The quantitative estimate of drug-likeness (QED) is 0.539. The summed E-state index contributed by atoms with van der Waals surface area (Å²) in [6.45, 7) is 0.638. The van der Waals surface area contributed by atoms with E-state index in [-0.39, 0.29) is 5.97 Å².